The van der Waals surface area contributed by atoms with Gasteiger partial charge >= 0.3 is 5.97 Å². The van der Waals surface area contributed by atoms with E-state index in [1.807, 2.05) is 48.5 Å². The number of anilines is 1. The van der Waals surface area contributed by atoms with Gasteiger partial charge in [-0.25, -0.2) is 9.78 Å². The Morgan fingerprint density at radius 1 is 0.932 bits per heavy atom. The summed E-state index contributed by atoms with van der Waals surface area (Å²) in [6.45, 7) is 1.43. The molecule has 0 spiro atoms. The topological polar surface area (TPSA) is 135 Å². The average Bonchev–Trinajstić information content (AvgIpc) is 3.04. The number of amides is 1. The fraction of sp³-hybridized carbons (Fsp3) is 0.235. The molecule has 9 nitrogen and oxygen atoms in total. The predicted octanol–water partition coefficient (Wildman–Crippen LogP) is 5.99. The molecule has 44 heavy (non-hydrogen) atoms. The van der Waals surface area contributed by atoms with Crippen LogP contribution >= 0.6 is 11.8 Å². The Labute approximate surface area is 259 Å². The molecule has 3 atom stereocenters. The highest BCUT2D eigenvalue weighted by Gasteiger charge is 2.32. The molecule has 1 aliphatic heterocycles. The number of carboxylic acids is 1. The molecule has 1 aliphatic rings. The van der Waals surface area contributed by atoms with Crippen molar-refractivity contribution in [1.29, 1.82) is 0 Å². The standard InChI is InChI=1S/C34H32N2O7S/c1-21(38)26-4-2-5-27(17-26)36-31(39)16-22-7-13-25(14-8-22)34-42-28(20-44-32-29(33(40)41)6-3-15-35-32)18-30(43-34)24-11-9-23(19-37)10-12-24/h2-15,17,28,30,34,37H,16,18-20H2,1H3,(H,36,39)(H,40,41)/t28-,30+,34?/m0/s1. The number of aliphatic hydroxyl groups is 1. The van der Waals surface area contributed by atoms with E-state index in [9.17, 15) is 24.6 Å². The molecule has 10 heteroatoms. The third-order valence-electron chi connectivity index (χ3n) is 7.19. The number of Topliss-reactive ketones (excluding diaryl/α,β-unsaturated/α-hetero) is 1. The first-order valence-corrected chi connectivity index (χ1v) is 15.1. The van der Waals surface area contributed by atoms with Crippen LogP contribution in [0.5, 0.6) is 0 Å². The zero-order valence-corrected chi connectivity index (χ0v) is 24.8. The number of thioether (sulfide) groups is 1. The summed E-state index contributed by atoms with van der Waals surface area (Å²) in [4.78, 5) is 40.3. The van der Waals surface area contributed by atoms with E-state index in [-0.39, 0.29) is 42.5 Å². The summed E-state index contributed by atoms with van der Waals surface area (Å²) in [5.74, 6) is -0.851. The van der Waals surface area contributed by atoms with Crippen molar-refractivity contribution in [3.05, 3.63) is 125 Å². The van der Waals surface area contributed by atoms with Gasteiger partial charge in [-0.15, -0.1) is 11.8 Å². The molecule has 4 aromatic rings. The molecular weight excluding hydrogens is 580 g/mol. The van der Waals surface area contributed by atoms with Crippen molar-refractivity contribution in [3.63, 3.8) is 0 Å². The molecule has 0 saturated carbocycles. The number of pyridine rings is 1. The van der Waals surface area contributed by atoms with Gasteiger partial charge in [0.1, 0.15) is 5.03 Å². The number of aromatic carboxylic acids is 1. The van der Waals surface area contributed by atoms with Crippen molar-refractivity contribution in [2.24, 2.45) is 0 Å². The monoisotopic (exact) mass is 612 g/mol. The number of aromatic nitrogens is 1. The number of hydrogen-bond acceptors (Lipinski definition) is 8. The smallest absolute Gasteiger partial charge is 0.338 e. The van der Waals surface area contributed by atoms with Crippen molar-refractivity contribution < 1.29 is 34.1 Å². The van der Waals surface area contributed by atoms with Gasteiger partial charge in [-0.05, 0) is 47.9 Å². The van der Waals surface area contributed by atoms with Gasteiger partial charge in [-0.3, -0.25) is 9.59 Å². The van der Waals surface area contributed by atoms with Crippen LogP contribution in [0.3, 0.4) is 0 Å². The minimum atomic E-state index is -1.04. The summed E-state index contributed by atoms with van der Waals surface area (Å²) in [5.41, 5.74) is 4.54. The second-order valence-corrected chi connectivity index (χ2v) is 11.4. The highest BCUT2D eigenvalue weighted by atomic mass is 32.2. The summed E-state index contributed by atoms with van der Waals surface area (Å²) < 4.78 is 12.8. The Bertz CT molecular complexity index is 1630. The quantitative estimate of drug-likeness (QED) is 0.138. The van der Waals surface area contributed by atoms with Gasteiger partial charge in [0.2, 0.25) is 5.91 Å². The van der Waals surface area contributed by atoms with Crippen molar-refractivity contribution in [2.75, 3.05) is 11.1 Å². The van der Waals surface area contributed by atoms with Crippen LogP contribution in [0.2, 0.25) is 0 Å². The number of aliphatic hydroxyl groups excluding tert-OH is 1. The molecule has 3 aromatic carbocycles. The van der Waals surface area contributed by atoms with Crippen LogP contribution < -0.4 is 5.32 Å². The van der Waals surface area contributed by atoms with Crippen LogP contribution in [-0.4, -0.2) is 44.7 Å². The molecule has 1 aromatic heterocycles. The van der Waals surface area contributed by atoms with Crippen LogP contribution in [0.4, 0.5) is 5.69 Å². The number of carboxylic acid groups (broad SMARTS) is 1. The lowest BCUT2D eigenvalue weighted by molar-refractivity contribution is -0.245. The normalized spacial score (nSPS) is 18.0. The van der Waals surface area contributed by atoms with E-state index in [4.69, 9.17) is 9.47 Å². The molecule has 2 heterocycles. The average molecular weight is 613 g/mol. The molecule has 3 N–H and O–H groups in total. The van der Waals surface area contributed by atoms with Gasteiger partial charge in [0.05, 0.1) is 30.8 Å². The fourth-order valence-electron chi connectivity index (χ4n) is 4.86. The lowest BCUT2D eigenvalue weighted by Gasteiger charge is -2.36. The lowest BCUT2D eigenvalue weighted by Crippen LogP contribution is -2.31. The van der Waals surface area contributed by atoms with Crippen molar-refractivity contribution in [3.8, 4) is 0 Å². The minimum Gasteiger partial charge on any atom is -0.478 e. The second kappa shape index (κ2) is 14.4. The summed E-state index contributed by atoms with van der Waals surface area (Å²) in [6.07, 6.45) is 0.981. The number of ether oxygens (including phenoxy) is 2. The van der Waals surface area contributed by atoms with Crippen LogP contribution in [0.1, 0.15) is 68.7 Å². The van der Waals surface area contributed by atoms with Crippen LogP contribution in [0, 0.1) is 0 Å². The number of hydrogen-bond donors (Lipinski definition) is 3. The molecule has 0 aliphatic carbocycles. The number of nitrogens with one attached hydrogen (secondary N) is 1. The van der Waals surface area contributed by atoms with Crippen LogP contribution in [-0.2, 0) is 27.3 Å². The predicted molar refractivity (Wildman–Crippen MR) is 166 cm³/mol. The highest BCUT2D eigenvalue weighted by Crippen LogP contribution is 2.39. The number of benzene rings is 3. The summed E-state index contributed by atoms with van der Waals surface area (Å²) >= 11 is 1.33. The second-order valence-electron chi connectivity index (χ2n) is 10.4. The third-order valence-corrected chi connectivity index (χ3v) is 8.33. The first-order chi connectivity index (χ1) is 21.3. The van der Waals surface area contributed by atoms with E-state index in [0.717, 1.165) is 22.3 Å². The first-order valence-electron chi connectivity index (χ1n) is 14.1. The molecular formula is C34H32N2O7S. The SMILES string of the molecule is CC(=O)c1cccc(NC(=O)Cc2ccc(C3O[C@H](CSc4ncccc4C(=O)O)C[C@H](c4ccc(CO)cc4)O3)cc2)c1. The van der Waals surface area contributed by atoms with E-state index in [2.05, 4.69) is 10.3 Å². The van der Waals surface area contributed by atoms with Crippen molar-refractivity contribution >= 4 is 35.1 Å². The zero-order chi connectivity index (χ0) is 31.1. The molecule has 5 rings (SSSR count). The van der Waals surface area contributed by atoms with Gasteiger partial charge in [-0.2, -0.15) is 0 Å². The van der Waals surface area contributed by atoms with Crippen molar-refractivity contribution in [2.45, 2.75) is 49.9 Å². The van der Waals surface area contributed by atoms with Crippen LogP contribution in [0.25, 0.3) is 0 Å². The Balaban J connectivity index is 1.29. The van der Waals surface area contributed by atoms with E-state index in [0.29, 0.717) is 28.5 Å². The highest BCUT2D eigenvalue weighted by molar-refractivity contribution is 7.99. The maximum Gasteiger partial charge on any atom is 0.338 e. The van der Waals surface area contributed by atoms with Gasteiger partial charge < -0.3 is 25.0 Å². The lowest BCUT2D eigenvalue weighted by atomic mass is 10.0. The zero-order valence-electron chi connectivity index (χ0n) is 24.0. The first kappa shape index (κ1) is 31.1. The molecule has 0 bridgehead atoms. The van der Waals surface area contributed by atoms with Gasteiger partial charge in [0.15, 0.2) is 12.1 Å². The molecule has 1 fully saturated rings. The van der Waals surface area contributed by atoms with Gasteiger partial charge in [0, 0.05) is 35.2 Å². The summed E-state index contributed by atoms with van der Waals surface area (Å²) in [7, 11) is 0. The van der Waals surface area contributed by atoms with E-state index >= 15 is 0 Å². The number of carbonyl (C=O) groups excluding carboxylic acids is 2. The fourth-order valence-corrected chi connectivity index (χ4v) is 5.87. The summed E-state index contributed by atoms with van der Waals surface area (Å²) in [5, 5.41) is 22.3. The van der Waals surface area contributed by atoms with E-state index in [1.54, 1.807) is 36.5 Å². The Morgan fingerprint density at radius 3 is 2.36 bits per heavy atom. The Hall–Kier alpha value is -4.35. The number of rotatable bonds is 11. The van der Waals surface area contributed by atoms with Gasteiger partial charge in [0.25, 0.3) is 0 Å². The van der Waals surface area contributed by atoms with Crippen molar-refractivity contribution in [1.82, 2.24) is 4.98 Å². The number of carbonyl (C=O) groups is 3. The Morgan fingerprint density at radius 2 is 1.66 bits per heavy atom. The largest absolute Gasteiger partial charge is 0.478 e. The van der Waals surface area contributed by atoms with Crippen LogP contribution in [0.15, 0.2) is 96.2 Å². The molecule has 1 saturated heterocycles. The number of nitrogens with zero attached hydrogens (tertiary/aromatic N) is 1. The summed E-state index contributed by atoms with van der Waals surface area (Å²) in [6, 6.07) is 25.0. The van der Waals surface area contributed by atoms with E-state index < -0.39 is 12.3 Å². The maximum absolute atomic E-state index is 12.7. The molecule has 1 amide bonds. The van der Waals surface area contributed by atoms with E-state index in [1.165, 1.54) is 24.8 Å². The molecule has 0 radical (unpaired) electrons. The maximum atomic E-state index is 12.7. The minimum absolute atomic E-state index is 0.0536. The van der Waals surface area contributed by atoms with Gasteiger partial charge in [-0.1, -0.05) is 60.7 Å². The number of ketones is 1. The molecule has 1 unspecified atom stereocenters. The third kappa shape index (κ3) is 7.97. The Kier molecular flexibility index (Phi) is 10.2. The molecule has 226 valence electrons.